The lowest BCUT2D eigenvalue weighted by Crippen LogP contribution is -2.37. The van der Waals surface area contributed by atoms with Gasteiger partial charge in [-0.05, 0) is 6.42 Å². The molecule has 0 aliphatic carbocycles. The Morgan fingerprint density at radius 3 is 3.14 bits per heavy atom. The number of rotatable bonds is 4. The van der Waals surface area contributed by atoms with E-state index in [0.29, 0.717) is 19.6 Å². The molecule has 0 atom stereocenters. The van der Waals surface area contributed by atoms with Crippen molar-refractivity contribution in [1.29, 1.82) is 0 Å². The quantitative estimate of drug-likeness (QED) is 0.634. The zero-order valence-corrected chi connectivity index (χ0v) is 8.41. The summed E-state index contributed by atoms with van der Waals surface area (Å²) in [7, 11) is 1.49. The smallest absolute Gasteiger partial charge is 0.234 e. The third-order valence-electron chi connectivity index (χ3n) is 2.05. The largest absolute Gasteiger partial charge is 0.377 e. The van der Waals surface area contributed by atoms with Crippen LogP contribution in [0.1, 0.15) is 6.42 Å². The maximum Gasteiger partial charge on any atom is 0.234 e. The molecule has 1 aliphatic heterocycles. The molecule has 0 aromatic rings. The molecule has 0 radical (unpaired) electrons. The van der Waals surface area contributed by atoms with Gasteiger partial charge >= 0.3 is 0 Å². The van der Waals surface area contributed by atoms with Crippen LogP contribution in [0.5, 0.6) is 0 Å². The first-order chi connectivity index (χ1) is 6.72. The van der Waals surface area contributed by atoms with Crippen molar-refractivity contribution in [2.45, 2.75) is 6.42 Å². The van der Waals surface area contributed by atoms with Crippen molar-refractivity contribution in [2.75, 3.05) is 39.9 Å². The second kappa shape index (κ2) is 5.72. The number of hydrogen-bond acceptors (Lipinski definition) is 4. The van der Waals surface area contributed by atoms with Crippen molar-refractivity contribution >= 4 is 11.7 Å². The van der Waals surface area contributed by atoms with E-state index in [2.05, 4.69) is 5.32 Å². The molecule has 1 fully saturated rings. The van der Waals surface area contributed by atoms with E-state index < -0.39 is 0 Å². The van der Waals surface area contributed by atoms with Gasteiger partial charge in [0.1, 0.15) is 6.61 Å². The van der Waals surface area contributed by atoms with Gasteiger partial charge in [0.25, 0.3) is 0 Å². The lowest BCUT2D eigenvalue weighted by Gasteiger charge is -2.16. The van der Waals surface area contributed by atoms with Gasteiger partial charge in [0, 0.05) is 20.2 Å². The van der Waals surface area contributed by atoms with Crippen molar-refractivity contribution in [1.82, 2.24) is 10.2 Å². The highest BCUT2D eigenvalue weighted by Crippen LogP contribution is 1.96. The van der Waals surface area contributed by atoms with Crippen LogP contribution in [-0.2, 0) is 14.3 Å². The number of ether oxygens (including phenoxy) is 1. The minimum Gasteiger partial charge on any atom is -0.377 e. The van der Waals surface area contributed by atoms with Gasteiger partial charge in [0.15, 0.2) is 5.78 Å². The van der Waals surface area contributed by atoms with E-state index in [1.807, 2.05) is 4.90 Å². The van der Waals surface area contributed by atoms with Gasteiger partial charge in [0.2, 0.25) is 5.91 Å². The predicted octanol–water partition coefficient (Wildman–Crippen LogP) is -0.976. The molecule has 0 bridgehead atoms. The van der Waals surface area contributed by atoms with Crippen molar-refractivity contribution in [3.8, 4) is 0 Å². The second-order valence-electron chi connectivity index (χ2n) is 3.39. The number of amides is 1. The highest BCUT2D eigenvalue weighted by Gasteiger charge is 2.16. The molecule has 0 aromatic heterocycles. The fourth-order valence-electron chi connectivity index (χ4n) is 1.46. The van der Waals surface area contributed by atoms with Crippen LogP contribution in [-0.4, -0.2) is 56.5 Å². The van der Waals surface area contributed by atoms with Gasteiger partial charge in [-0.25, -0.2) is 0 Å². The van der Waals surface area contributed by atoms with Gasteiger partial charge < -0.3 is 10.1 Å². The first-order valence-corrected chi connectivity index (χ1v) is 4.72. The highest BCUT2D eigenvalue weighted by atomic mass is 16.5. The molecule has 0 saturated carbocycles. The van der Waals surface area contributed by atoms with E-state index in [1.165, 1.54) is 7.11 Å². The zero-order chi connectivity index (χ0) is 10.4. The van der Waals surface area contributed by atoms with Gasteiger partial charge in [-0.2, -0.15) is 0 Å². The number of methoxy groups -OCH3 is 1. The highest BCUT2D eigenvalue weighted by molar-refractivity contribution is 5.83. The van der Waals surface area contributed by atoms with Gasteiger partial charge in [-0.1, -0.05) is 0 Å². The molecule has 0 unspecified atom stereocenters. The van der Waals surface area contributed by atoms with Crippen LogP contribution in [0.2, 0.25) is 0 Å². The molecule has 5 nitrogen and oxygen atoms in total. The molecule has 1 heterocycles. The van der Waals surface area contributed by atoms with E-state index in [9.17, 15) is 9.59 Å². The Balaban J connectivity index is 2.34. The SMILES string of the molecule is COCC(=O)CN1CCCNC(=O)C1. The molecule has 5 heteroatoms. The molecule has 1 saturated heterocycles. The topological polar surface area (TPSA) is 58.6 Å². The maximum absolute atomic E-state index is 11.2. The van der Waals surface area contributed by atoms with Crippen LogP contribution in [0.25, 0.3) is 0 Å². The van der Waals surface area contributed by atoms with Crippen molar-refractivity contribution < 1.29 is 14.3 Å². The summed E-state index contributed by atoms with van der Waals surface area (Å²) in [6, 6.07) is 0. The lowest BCUT2D eigenvalue weighted by atomic mass is 10.3. The van der Waals surface area contributed by atoms with E-state index in [-0.39, 0.29) is 18.3 Å². The minimum atomic E-state index is -0.00674. The molecule has 1 N–H and O–H groups in total. The molecule has 1 aliphatic rings. The van der Waals surface area contributed by atoms with Crippen LogP contribution in [0.4, 0.5) is 0 Å². The normalized spacial score (nSPS) is 18.8. The summed E-state index contributed by atoms with van der Waals surface area (Å²) in [5.41, 5.74) is 0. The number of ketones is 1. The summed E-state index contributed by atoms with van der Waals surface area (Å²) in [4.78, 5) is 24.2. The molecule has 1 amide bonds. The van der Waals surface area contributed by atoms with E-state index >= 15 is 0 Å². The Kier molecular flexibility index (Phi) is 4.55. The average Bonchev–Trinajstić information content (AvgIpc) is 2.30. The van der Waals surface area contributed by atoms with Crippen molar-refractivity contribution in [3.05, 3.63) is 0 Å². The number of hydrogen-bond donors (Lipinski definition) is 1. The number of Topliss-reactive ketones (excluding diaryl/α,β-unsaturated/α-hetero) is 1. The standard InChI is InChI=1S/C9H16N2O3/c1-14-7-8(12)5-11-4-2-3-10-9(13)6-11/h2-7H2,1H3,(H,10,13). The first kappa shape index (κ1) is 11.1. The van der Waals surface area contributed by atoms with Gasteiger partial charge in [0.05, 0.1) is 13.1 Å². The van der Waals surface area contributed by atoms with Crippen LogP contribution < -0.4 is 5.32 Å². The summed E-state index contributed by atoms with van der Waals surface area (Å²) in [6.07, 6.45) is 0.895. The predicted molar refractivity (Wildman–Crippen MR) is 50.9 cm³/mol. The Hall–Kier alpha value is -0.940. The third kappa shape index (κ3) is 3.85. The molecular weight excluding hydrogens is 184 g/mol. The summed E-state index contributed by atoms with van der Waals surface area (Å²) in [5, 5.41) is 2.76. The fourth-order valence-corrected chi connectivity index (χ4v) is 1.46. The second-order valence-corrected chi connectivity index (χ2v) is 3.39. The molecule has 0 spiro atoms. The number of nitrogens with zero attached hydrogens (tertiary/aromatic N) is 1. The Bertz CT molecular complexity index is 218. The van der Waals surface area contributed by atoms with E-state index in [0.717, 1.165) is 13.0 Å². The number of nitrogens with one attached hydrogen (secondary N) is 1. The lowest BCUT2D eigenvalue weighted by molar-refractivity contribution is -0.125. The van der Waals surface area contributed by atoms with Crippen LogP contribution in [0, 0.1) is 0 Å². The van der Waals surface area contributed by atoms with Crippen molar-refractivity contribution in [2.24, 2.45) is 0 Å². The zero-order valence-electron chi connectivity index (χ0n) is 8.41. The molecule has 80 valence electrons. The molecular formula is C9H16N2O3. The molecule has 0 aromatic carbocycles. The fraction of sp³-hybridized carbons (Fsp3) is 0.778. The number of carbonyl (C=O) groups excluding carboxylic acids is 2. The van der Waals surface area contributed by atoms with Crippen LogP contribution in [0.3, 0.4) is 0 Å². The van der Waals surface area contributed by atoms with Gasteiger partial charge in [-0.15, -0.1) is 0 Å². The summed E-state index contributed by atoms with van der Waals surface area (Å²) in [5.74, 6) is 0.00918. The van der Waals surface area contributed by atoms with E-state index in [4.69, 9.17) is 4.74 Å². The van der Waals surface area contributed by atoms with Crippen LogP contribution in [0.15, 0.2) is 0 Å². The molecule has 1 rings (SSSR count). The maximum atomic E-state index is 11.2. The monoisotopic (exact) mass is 200 g/mol. The summed E-state index contributed by atoms with van der Waals surface area (Å²) < 4.78 is 4.73. The summed E-state index contributed by atoms with van der Waals surface area (Å²) >= 11 is 0. The minimum absolute atomic E-state index is 0.00674. The number of carbonyl (C=O) groups is 2. The summed E-state index contributed by atoms with van der Waals surface area (Å²) in [6.45, 7) is 2.23. The Morgan fingerprint density at radius 2 is 2.43 bits per heavy atom. The first-order valence-electron chi connectivity index (χ1n) is 4.72. The Labute approximate surface area is 83.4 Å². The Morgan fingerprint density at radius 1 is 1.64 bits per heavy atom. The van der Waals surface area contributed by atoms with E-state index in [1.54, 1.807) is 0 Å². The van der Waals surface area contributed by atoms with Crippen LogP contribution >= 0.6 is 0 Å². The third-order valence-corrected chi connectivity index (χ3v) is 2.05. The molecule has 14 heavy (non-hydrogen) atoms. The average molecular weight is 200 g/mol. The van der Waals surface area contributed by atoms with Gasteiger partial charge in [-0.3, -0.25) is 14.5 Å². The van der Waals surface area contributed by atoms with Crippen molar-refractivity contribution in [3.63, 3.8) is 0 Å².